The van der Waals surface area contributed by atoms with Gasteiger partial charge < -0.3 is 5.73 Å². The maximum Gasteiger partial charge on any atom is 0.0726 e. The number of nitrogen functional groups attached to an aromatic ring is 1. The molecular weight excluding hydrogens is 222 g/mol. The number of para-hydroxylation sites is 1. The van der Waals surface area contributed by atoms with Gasteiger partial charge in [0.2, 0.25) is 0 Å². The molecule has 18 heavy (non-hydrogen) atoms. The van der Waals surface area contributed by atoms with E-state index in [4.69, 9.17) is 10.7 Å². The molecule has 1 saturated heterocycles. The quantitative estimate of drug-likeness (QED) is 0.879. The van der Waals surface area contributed by atoms with Gasteiger partial charge in [-0.3, -0.25) is 9.88 Å². The summed E-state index contributed by atoms with van der Waals surface area (Å²) in [7, 11) is 0. The second-order valence-corrected chi connectivity index (χ2v) is 5.35. The van der Waals surface area contributed by atoms with Crippen molar-refractivity contribution in [3.63, 3.8) is 0 Å². The number of pyridine rings is 1. The van der Waals surface area contributed by atoms with Crippen molar-refractivity contribution in [3.05, 3.63) is 36.0 Å². The predicted octanol–water partition coefficient (Wildman–Crippen LogP) is 2.66. The Morgan fingerprint density at radius 2 is 2.22 bits per heavy atom. The number of hydrogen-bond donors (Lipinski definition) is 1. The van der Waals surface area contributed by atoms with Crippen molar-refractivity contribution in [3.8, 4) is 0 Å². The van der Waals surface area contributed by atoms with E-state index < -0.39 is 0 Å². The van der Waals surface area contributed by atoms with E-state index in [2.05, 4.69) is 11.8 Å². The van der Waals surface area contributed by atoms with Crippen LogP contribution in [0.3, 0.4) is 0 Å². The van der Waals surface area contributed by atoms with E-state index in [-0.39, 0.29) is 0 Å². The molecule has 94 valence electrons. The third kappa shape index (κ3) is 2.18. The fourth-order valence-electron chi connectivity index (χ4n) is 2.74. The molecule has 1 fully saturated rings. The number of nitrogens with two attached hydrogens (primary N) is 1. The smallest absolute Gasteiger partial charge is 0.0726 e. The number of benzene rings is 1. The first-order valence-corrected chi connectivity index (χ1v) is 6.59. The average molecular weight is 241 g/mol. The van der Waals surface area contributed by atoms with E-state index in [9.17, 15) is 0 Å². The molecule has 2 N–H and O–H groups in total. The zero-order valence-corrected chi connectivity index (χ0v) is 10.8. The molecule has 3 nitrogen and oxygen atoms in total. The number of rotatable bonds is 2. The van der Waals surface area contributed by atoms with Gasteiger partial charge in [-0.15, -0.1) is 0 Å². The molecule has 3 rings (SSSR count). The zero-order valence-electron chi connectivity index (χ0n) is 10.8. The highest BCUT2D eigenvalue weighted by molar-refractivity contribution is 5.90. The fraction of sp³-hybridized carbons (Fsp3) is 0.400. The maximum atomic E-state index is 6.10. The minimum Gasteiger partial charge on any atom is -0.398 e. The van der Waals surface area contributed by atoms with Crippen LogP contribution in [0.5, 0.6) is 0 Å². The van der Waals surface area contributed by atoms with Gasteiger partial charge in [0, 0.05) is 24.2 Å². The highest BCUT2D eigenvalue weighted by Gasteiger charge is 2.19. The summed E-state index contributed by atoms with van der Waals surface area (Å²) in [6.07, 6.45) is 1.29. The van der Waals surface area contributed by atoms with E-state index >= 15 is 0 Å². The Hall–Kier alpha value is -1.61. The monoisotopic (exact) mass is 241 g/mol. The van der Waals surface area contributed by atoms with Gasteiger partial charge >= 0.3 is 0 Å². The lowest BCUT2D eigenvalue weighted by Crippen LogP contribution is -2.20. The third-order valence-electron chi connectivity index (χ3n) is 3.69. The molecule has 2 aromatic rings. The molecule has 1 aromatic carbocycles. The first kappa shape index (κ1) is 11.5. The molecule has 0 radical (unpaired) electrons. The summed E-state index contributed by atoms with van der Waals surface area (Å²) in [4.78, 5) is 7.16. The van der Waals surface area contributed by atoms with Gasteiger partial charge in [-0.25, -0.2) is 0 Å². The molecule has 1 unspecified atom stereocenters. The number of likely N-dealkylation sites (tertiary alicyclic amines) is 1. The number of hydrogen-bond acceptors (Lipinski definition) is 3. The number of aromatic nitrogens is 1. The Bertz CT molecular complexity index is 565. The molecule has 3 heteroatoms. The largest absolute Gasteiger partial charge is 0.398 e. The van der Waals surface area contributed by atoms with Crippen LogP contribution in [0.2, 0.25) is 0 Å². The minimum atomic E-state index is 0.808. The lowest BCUT2D eigenvalue weighted by atomic mass is 10.1. The molecule has 1 aliphatic heterocycles. The van der Waals surface area contributed by atoms with E-state index in [0.717, 1.165) is 34.7 Å². The van der Waals surface area contributed by atoms with E-state index in [0.29, 0.717) is 0 Å². The van der Waals surface area contributed by atoms with Gasteiger partial charge in [-0.1, -0.05) is 25.1 Å². The van der Waals surface area contributed by atoms with Crippen LogP contribution in [0.15, 0.2) is 30.3 Å². The summed E-state index contributed by atoms with van der Waals surface area (Å²) < 4.78 is 0. The lowest BCUT2D eigenvalue weighted by Gasteiger charge is -2.15. The fourth-order valence-corrected chi connectivity index (χ4v) is 2.74. The summed E-state index contributed by atoms with van der Waals surface area (Å²) in [6, 6.07) is 10.1. The highest BCUT2D eigenvalue weighted by Crippen LogP contribution is 2.22. The Morgan fingerprint density at radius 3 is 3.00 bits per heavy atom. The molecular formula is C15H19N3. The molecule has 1 aliphatic rings. The van der Waals surface area contributed by atoms with Crippen molar-refractivity contribution in [1.82, 2.24) is 9.88 Å². The second kappa shape index (κ2) is 4.58. The minimum absolute atomic E-state index is 0.808. The predicted molar refractivity (Wildman–Crippen MR) is 75.2 cm³/mol. The van der Waals surface area contributed by atoms with Gasteiger partial charge in [0.1, 0.15) is 0 Å². The summed E-state index contributed by atoms with van der Waals surface area (Å²) in [5.41, 5.74) is 9.02. The van der Waals surface area contributed by atoms with Crippen molar-refractivity contribution >= 4 is 16.6 Å². The Kier molecular flexibility index (Phi) is 2.92. The van der Waals surface area contributed by atoms with Crippen LogP contribution < -0.4 is 5.73 Å². The van der Waals surface area contributed by atoms with Crippen LogP contribution >= 0.6 is 0 Å². The highest BCUT2D eigenvalue weighted by atomic mass is 15.1. The molecule has 0 spiro atoms. The van der Waals surface area contributed by atoms with Crippen molar-refractivity contribution in [2.24, 2.45) is 5.92 Å². The normalized spacial score (nSPS) is 20.6. The summed E-state index contributed by atoms with van der Waals surface area (Å²) >= 11 is 0. The molecule has 0 bridgehead atoms. The van der Waals surface area contributed by atoms with Gasteiger partial charge in [0.25, 0.3) is 0 Å². The summed E-state index contributed by atoms with van der Waals surface area (Å²) in [5.74, 6) is 0.808. The second-order valence-electron chi connectivity index (χ2n) is 5.35. The SMILES string of the molecule is CC1CCN(Cc2cc(N)c3ccccc3n2)C1. The van der Waals surface area contributed by atoms with Crippen LogP contribution in [0.4, 0.5) is 5.69 Å². The Morgan fingerprint density at radius 1 is 1.39 bits per heavy atom. The molecule has 0 aliphatic carbocycles. The Labute approximate surface area is 108 Å². The third-order valence-corrected chi connectivity index (χ3v) is 3.69. The van der Waals surface area contributed by atoms with Crippen molar-refractivity contribution < 1.29 is 0 Å². The lowest BCUT2D eigenvalue weighted by molar-refractivity contribution is 0.317. The van der Waals surface area contributed by atoms with Crippen LogP contribution in [0, 0.1) is 5.92 Å². The molecule has 0 saturated carbocycles. The van der Waals surface area contributed by atoms with Gasteiger partial charge in [-0.2, -0.15) is 0 Å². The van der Waals surface area contributed by atoms with E-state index in [1.54, 1.807) is 0 Å². The Balaban J connectivity index is 1.88. The molecule has 1 atom stereocenters. The zero-order chi connectivity index (χ0) is 12.5. The number of nitrogens with zero attached hydrogens (tertiary/aromatic N) is 2. The summed E-state index contributed by atoms with van der Waals surface area (Å²) in [5, 5.41) is 1.05. The molecule has 0 amide bonds. The number of anilines is 1. The first-order valence-electron chi connectivity index (χ1n) is 6.59. The van der Waals surface area contributed by atoms with Gasteiger partial charge in [-0.05, 0) is 31.0 Å². The topological polar surface area (TPSA) is 42.1 Å². The van der Waals surface area contributed by atoms with Crippen molar-refractivity contribution in [2.45, 2.75) is 19.9 Å². The first-order chi connectivity index (χ1) is 8.72. The maximum absolute atomic E-state index is 6.10. The molecule has 1 aromatic heterocycles. The van der Waals surface area contributed by atoms with Crippen LogP contribution in [-0.2, 0) is 6.54 Å². The van der Waals surface area contributed by atoms with Crippen molar-refractivity contribution in [2.75, 3.05) is 18.8 Å². The van der Waals surface area contributed by atoms with Crippen LogP contribution in [-0.4, -0.2) is 23.0 Å². The van der Waals surface area contributed by atoms with Gasteiger partial charge in [0.15, 0.2) is 0 Å². The average Bonchev–Trinajstić information content (AvgIpc) is 2.75. The van der Waals surface area contributed by atoms with E-state index in [1.807, 2.05) is 30.3 Å². The van der Waals surface area contributed by atoms with Gasteiger partial charge in [0.05, 0.1) is 11.2 Å². The molecule has 2 heterocycles. The van der Waals surface area contributed by atoms with E-state index in [1.165, 1.54) is 19.5 Å². The number of fused-ring (bicyclic) bond motifs is 1. The summed E-state index contributed by atoms with van der Waals surface area (Å²) in [6.45, 7) is 5.57. The van der Waals surface area contributed by atoms with Crippen molar-refractivity contribution in [1.29, 1.82) is 0 Å². The van der Waals surface area contributed by atoms with Crippen LogP contribution in [0.25, 0.3) is 10.9 Å². The van der Waals surface area contributed by atoms with Crippen LogP contribution in [0.1, 0.15) is 19.0 Å². The standard InChI is InChI=1S/C15H19N3/c1-11-6-7-18(9-11)10-12-8-14(16)13-4-2-3-5-15(13)17-12/h2-5,8,11H,6-7,9-10H2,1H3,(H2,16,17).